The van der Waals surface area contributed by atoms with Gasteiger partial charge in [-0.05, 0) is 203 Å². The minimum atomic E-state index is -4.40. The summed E-state index contributed by atoms with van der Waals surface area (Å²) >= 11 is 5.70. The van der Waals surface area contributed by atoms with Crippen molar-refractivity contribution in [3.63, 3.8) is 0 Å². The van der Waals surface area contributed by atoms with E-state index >= 15 is 0 Å². The maximum atomic E-state index is 13.8. The van der Waals surface area contributed by atoms with Gasteiger partial charge in [0.1, 0.15) is 11.6 Å². The molecule has 0 radical (unpaired) electrons. The molecule has 3 aliphatic rings. The predicted octanol–water partition coefficient (Wildman–Crippen LogP) is 12.4. The minimum Gasteiger partial charge on any atom is -0.494 e. The van der Waals surface area contributed by atoms with Crippen molar-refractivity contribution in [2.75, 3.05) is 61.8 Å². The van der Waals surface area contributed by atoms with Crippen LogP contribution in [0.2, 0.25) is 5.02 Å². The molecule has 0 saturated carbocycles. The number of benzene rings is 6. The summed E-state index contributed by atoms with van der Waals surface area (Å²) in [4.78, 5) is 36.6. The summed E-state index contributed by atoms with van der Waals surface area (Å²) in [5.41, 5.74) is 5.93. The first kappa shape index (κ1) is 53.2. The van der Waals surface area contributed by atoms with Crippen LogP contribution >= 0.6 is 11.6 Å². The fourth-order valence-corrected chi connectivity index (χ4v) is 9.04. The number of hydrogen-bond donors (Lipinski definition) is 6. The minimum absolute atomic E-state index is 0.0186. The van der Waals surface area contributed by atoms with Crippen LogP contribution in [0, 0.1) is 5.82 Å². The van der Waals surface area contributed by atoms with E-state index in [0.29, 0.717) is 41.3 Å². The average Bonchev–Trinajstić information content (AvgIpc) is 3.40. The number of nitrogens with one attached hydrogen (secondary N) is 6. The van der Waals surface area contributed by atoms with Gasteiger partial charge in [0, 0.05) is 52.8 Å². The molecule has 3 amide bonds. The molecule has 0 bridgehead atoms. The Hall–Kier alpha value is -6.58. The highest BCUT2D eigenvalue weighted by Crippen LogP contribution is 2.30. The molecule has 3 fully saturated rings. The summed E-state index contributed by atoms with van der Waals surface area (Å²) in [6.07, 6.45) is 2.69. The van der Waals surface area contributed by atoms with Crippen molar-refractivity contribution in [1.29, 1.82) is 0 Å². The van der Waals surface area contributed by atoms with Crippen LogP contribution in [0.3, 0.4) is 0 Å². The molecule has 6 aromatic rings. The topological polar surface area (TPSA) is 133 Å². The second-order valence-electron chi connectivity index (χ2n) is 18.0. The Morgan fingerprint density at radius 3 is 1.29 bits per heavy atom. The van der Waals surface area contributed by atoms with E-state index in [0.717, 1.165) is 81.7 Å². The second kappa shape index (κ2) is 26.2. The zero-order chi connectivity index (χ0) is 50.9. The van der Waals surface area contributed by atoms with Crippen molar-refractivity contribution in [2.45, 2.75) is 69.4 Å². The van der Waals surface area contributed by atoms with Gasteiger partial charge in [-0.2, -0.15) is 13.2 Å². The third-order valence-corrected chi connectivity index (χ3v) is 13.1. The van der Waals surface area contributed by atoms with Gasteiger partial charge in [0.05, 0.1) is 17.7 Å². The Morgan fingerprint density at radius 1 is 0.556 bits per heavy atom. The van der Waals surface area contributed by atoms with Gasteiger partial charge < -0.3 is 36.6 Å². The van der Waals surface area contributed by atoms with Crippen molar-refractivity contribution >= 4 is 46.4 Å². The Morgan fingerprint density at radius 2 is 0.944 bits per heavy atom. The summed E-state index contributed by atoms with van der Waals surface area (Å²) in [5, 5.41) is 18.8. The molecule has 72 heavy (non-hydrogen) atoms. The quantitative estimate of drug-likeness (QED) is 0.0712. The summed E-state index contributed by atoms with van der Waals surface area (Å²) < 4.78 is 56.8. The molecule has 378 valence electrons. The Labute approximate surface area is 423 Å². The van der Waals surface area contributed by atoms with Crippen LogP contribution < -0.4 is 36.6 Å². The molecule has 3 saturated heterocycles. The van der Waals surface area contributed by atoms with Crippen molar-refractivity contribution in [2.24, 2.45) is 0 Å². The number of anilines is 3. The second-order valence-corrected chi connectivity index (χ2v) is 18.5. The molecule has 0 aromatic heterocycles. The molecular formula is C57H61ClF4N6O4. The van der Waals surface area contributed by atoms with E-state index < -0.39 is 29.4 Å². The number of amides is 3. The molecule has 9 rings (SSSR count). The molecule has 3 heterocycles. The third-order valence-electron chi connectivity index (χ3n) is 12.9. The molecule has 0 spiro atoms. The summed E-state index contributed by atoms with van der Waals surface area (Å²) in [6, 6.07) is 39.0. The lowest BCUT2D eigenvalue weighted by Gasteiger charge is -2.23. The highest BCUT2D eigenvalue weighted by Gasteiger charge is 2.30. The lowest BCUT2D eigenvalue weighted by molar-refractivity contribution is -0.137. The average molecular weight is 1010 g/mol. The van der Waals surface area contributed by atoms with E-state index in [9.17, 15) is 31.9 Å². The van der Waals surface area contributed by atoms with Crippen LogP contribution in [-0.2, 0) is 6.18 Å². The number of halogens is 5. The van der Waals surface area contributed by atoms with Crippen molar-refractivity contribution in [3.05, 3.63) is 189 Å². The normalized spacial score (nSPS) is 17.7. The maximum absolute atomic E-state index is 13.8. The number of hydrogen-bond acceptors (Lipinski definition) is 7. The third kappa shape index (κ3) is 15.7. The van der Waals surface area contributed by atoms with Crippen LogP contribution in [-0.4, -0.2) is 63.6 Å². The zero-order valence-electron chi connectivity index (χ0n) is 40.2. The number of ether oxygens (including phenoxy) is 1. The van der Waals surface area contributed by atoms with Gasteiger partial charge in [-0.25, -0.2) is 4.39 Å². The van der Waals surface area contributed by atoms with Gasteiger partial charge in [0.2, 0.25) is 0 Å². The summed E-state index contributed by atoms with van der Waals surface area (Å²) in [6.45, 7) is 8.79. The molecule has 15 heteroatoms. The first-order valence-electron chi connectivity index (χ1n) is 24.5. The highest BCUT2D eigenvalue weighted by molar-refractivity contribution is 6.30. The first-order valence-corrected chi connectivity index (χ1v) is 24.9. The van der Waals surface area contributed by atoms with E-state index in [2.05, 4.69) is 44.0 Å². The predicted molar refractivity (Wildman–Crippen MR) is 278 cm³/mol. The van der Waals surface area contributed by atoms with Crippen LogP contribution in [0.4, 0.5) is 34.6 Å². The standard InChI is InChI=1S/C20H24N2O2.C19H19F3N2O.C18H18ClFN2O/c1-2-24-19-11-7-16(8-12-19)20(23)22-18-9-5-15(6-10-18)17-4-3-13-21-14-17;20-19(21,22)16-7-3-14(4-8-16)18(25)24-17-9-5-13(6-10-17)15-2-1-11-23-12-15;19-14-5-8-16(17(20)10-14)18(23)22-15-6-3-12(4-7-15)13-2-1-9-21-11-13/h5-12,17,21H,2-4,13-14H2,1H3,(H,22,23);3-10,15,23H,1-2,11-12H2,(H,24,25);3-8,10,13,21H,1-2,9,11H2,(H,22,23). The molecule has 6 aromatic carbocycles. The van der Waals surface area contributed by atoms with Gasteiger partial charge in [0.15, 0.2) is 0 Å². The summed E-state index contributed by atoms with van der Waals surface area (Å²) in [5.74, 6) is 0.710. The molecule has 0 aliphatic carbocycles. The van der Waals surface area contributed by atoms with E-state index in [1.54, 1.807) is 12.1 Å². The van der Waals surface area contributed by atoms with E-state index in [4.69, 9.17) is 16.3 Å². The Kier molecular flexibility index (Phi) is 19.4. The number of piperidine rings is 3. The fourth-order valence-electron chi connectivity index (χ4n) is 8.88. The largest absolute Gasteiger partial charge is 0.494 e. The zero-order valence-corrected chi connectivity index (χ0v) is 41.0. The monoisotopic (exact) mass is 1000 g/mol. The molecule has 6 N–H and O–H groups in total. The van der Waals surface area contributed by atoms with Gasteiger partial charge >= 0.3 is 6.18 Å². The SMILES string of the molecule is CCOc1ccc(C(=O)Nc2ccc(C3CCCNC3)cc2)cc1.O=C(Nc1ccc(C2CCCNC2)cc1)c1ccc(C(F)(F)F)cc1.O=C(Nc1ccc(C2CCCNC2)cc1)c1ccc(Cl)cc1F. The van der Waals surface area contributed by atoms with Gasteiger partial charge in [-0.15, -0.1) is 0 Å². The molecule has 10 nitrogen and oxygen atoms in total. The van der Waals surface area contributed by atoms with Gasteiger partial charge in [-0.3, -0.25) is 14.4 Å². The highest BCUT2D eigenvalue weighted by atomic mass is 35.5. The maximum Gasteiger partial charge on any atom is 0.416 e. The fraction of sp³-hybridized carbons (Fsp3) is 0.316. The van der Waals surface area contributed by atoms with Crippen molar-refractivity contribution in [3.8, 4) is 5.75 Å². The lowest BCUT2D eigenvalue weighted by atomic mass is 9.91. The number of carbonyl (C=O) groups excluding carboxylic acids is 3. The van der Waals surface area contributed by atoms with Crippen LogP contribution in [0.15, 0.2) is 140 Å². The van der Waals surface area contributed by atoms with Crippen LogP contribution in [0.5, 0.6) is 5.75 Å². The Bertz CT molecular complexity index is 2670. The number of carbonyl (C=O) groups is 3. The number of rotatable bonds is 11. The molecule has 3 aliphatic heterocycles. The van der Waals surface area contributed by atoms with Crippen LogP contribution in [0.1, 0.15) is 117 Å². The Balaban J connectivity index is 0.000000159. The van der Waals surface area contributed by atoms with Crippen LogP contribution in [0.25, 0.3) is 0 Å². The van der Waals surface area contributed by atoms with E-state index in [-0.39, 0.29) is 22.1 Å². The van der Waals surface area contributed by atoms with Crippen molar-refractivity contribution in [1.82, 2.24) is 16.0 Å². The summed E-state index contributed by atoms with van der Waals surface area (Å²) in [7, 11) is 0. The van der Waals surface area contributed by atoms with E-state index in [1.807, 2.05) is 79.7 Å². The van der Waals surface area contributed by atoms with Gasteiger partial charge in [-0.1, -0.05) is 48.0 Å². The van der Waals surface area contributed by atoms with Crippen molar-refractivity contribution < 1.29 is 36.7 Å². The first-order chi connectivity index (χ1) is 34.8. The van der Waals surface area contributed by atoms with Gasteiger partial charge in [0.25, 0.3) is 17.7 Å². The molecular weight excluding hydrogens is 944 g/mol. The lowest BCUT2D eigenvalue weighted by Crippen LogP contribution is -2.28. The number of alkyl halides is 3. The van der Waals surface area contributed by atoms with E-state index in [1.165, 1.54) is 66.6 Å². The molecule has 3 unspecified atom stereocenters. The smallest absolute Gasteiger partial charge is 0.416 e. The molecule has 3 atom stereocenters.